The molecular weight excluding hydrogens is 256 g/mol. The average molecular weight is 280 g/mol. The molecule has 1 aromatic rings. The minimum atomic E-state index is -2.12. The van der Waals surface area contributed by atoms with Crippen LogP contribution in [-0.4, -0.2) is 21.0 Å². The first-order valence-corrected chi connectivity index (χ1v) is 9.70. The quantitative estimate of drug-likeness (QED) is 0.407. The zero-order valence-electron chi connectivity index (χ0n) is 12.4. The van der Waals surface area contributed by atoms with Crippen molar-refractivity contribution in [3.63, 3.8) is 0 Å². The van der Waals surface area contributed by atoms with E-state index < -0.39 is 8.56 Å². The van der Waals surface area contributed by atoms with E-state index in [9.17, 15) is 4.79 Å². The van der Waals surface area contributed by atoms with E-state index in [0.717, 1.165) is 18.8 Å². The third-order valence-electron chi connectivity index (χ3n) is 2.82. The molecule has 0 aliphatic heterocycles. The van der Waals surface area contributed by atoms with Gasteiger partial charge in [0.25, 0.3) is 0 Å². The molecule has 0 fully saturated rings. The third kappa shape index (κ3) is 6.03. The van der Waals surface area contributed by atoms with Gasteiger partial charge in [-0.05, 0) is 50.7 Å². The van der Waals surface area contributed by atoms with Gasteiger partial charge in [0.1, 0.15) is 5.75 Å². The number of hydrogen-bond donors (Lipinski definition) is 0. The molecule has 0 N–H and O–H groups in total. The first-order valence-electron chi connectivity index (χ1n) is 6.88. The zero-order valence-corrected chi connectivity index (χ0v) is 13.4. The highest BCUT2D eigenvalue weighted by Gasteiger charge is 2.26. The molecule has 0 saturated carbocycles. The molecule has 0 saturated heterocycles. The summed E-state index contributed by atoms with van der Waals surface area (Å²) in [6, 6.07) is 7.25. The normalized spacial score (nSPS) is 11.4. The lowest BCUT2D eigenvalue weighted by Gasteiger charge is -2.24. The second-order valence-electron chi connectivity index (χ2n) is 5.14. The lowest BCUT2D eigenvalue weighted by Crippen LogP contribution is -2.38. The largest absolute Gasteiger partial charge is 0.520 e. The molecule has 0 atom stereocenters. The van der Waals surface area contributed by atoms with E-state index in [1.807, 2.05) is 25.2 Å². The van der Waals surface area contributed by atoms with Gasteiger partial charge in [-0.3, -0.25) is 4.79 Å². The number of ketones is 1. The van der Waals surface area contributed by atoms with Crippen LogP contribution < -0.4 is 4.43 Å². The summed E-state index contributed by atoms with van der Waals surface area (Å²) in [6.45, 7) is 8.58. The van der Waals surface area contributed by atoms with Crippen molar-refractivity contribution < 1.29 is 13.6 Å². The van der Waals surface area contributed by atoms with Crippen LogP contribution in [0.5, 0.6) is 5.75 Å². The molecule has 1 aromatic carbocycles. The Hall–Kier alpha value is -1.13. The zero-order chi connectivity index (χ0) is 14.3. The van der Waals surface area contributed by atoms with Gasteiger partial charge in [0.2, 0.25) is 0 Å². The van der Waals surface area contributed by atoms with Gasteiger partial charge in [0.05, 0.1) is 0 Å². The molecule has 0 spiro atoms. The number of rotatable bonds is 8. The molecule has 0 bridgehead atoms. The van der Waals surface area contributed by atoms with Gasteiger partial charge in [-0.2, -0.15) is 0 Å². The van der Waals surface area contributed by atoms with Crippen molar-refractivity contribution in [2.75, 3.05) is 6.61 Å². The molecule has 0 heterocycles. The fourth-order valence-corrected chi connectivity index (χ4v) is 3.14. The second-order valence-corrected chi connectivity index (χ2v) is 8.43. The number of hydrogen-bond acceptors (Lipinski definition) is 3. The SMILES string of the molecule is CCCCCO[Si](C)(C)Oc1ccc(C(C)=O)cc1. The second kappa shape index (κ2) is 7.45. The Morgan fingerprint density at radius 1 is 1.16 bits per heavy atom. The smallest absolute Gasteiger partial charge is 0.392 e. The molecule has 0 amide bonds. The van der Waals surface area contributed by atoms with Crippen LogP contribution in [0.2, 0.25) is 13.1 Å². The standard InChI is InChI=1S/C15H24O3Si/c1-5-6-7-12-17-19(3,4)18-15-10-8-14(9-11-15)13(2)16/h8-11H,5-7,12H2,1-4H3. The molecule has 0 aromatic heterocycles. The monoisotopic (exact) mass is 280 g/mol. The number of carbonyl (C=O) groups is 1. The number of carbonyl (C=O) groups excluding carboxylic acids is 1. The van der Waals surface area contributed by atoms with Crippen molar-refractivity contribution in [1.82, 2.24) is 0 Å². The fourth-order valence-electron chi connectivity index (χ4n) is 1.74. The van der Waals surface area contributed by atoms with Gasteiger partial charge in [-0.25, -0.2) is 0 Å². The summed E-state index contributed by atoms with van der Waals surface area (Å²) in [7, 11) is -2.12. The van der Waals surface area contributed by atoms with E-state index in [1.165, 1.54) is 12.8 Å². The molecule has 19 heavy (non-hydrogen) atoms. The highest BCUT2D eigenvalue weighted by Crippen LogP contribution is 2.18. The van der Waals surface area contributed by atoms with Crippen LogP contribution in [0.25, 0.3) is 0 Å². The summed E-state index contributed by atoms with van der Waals surface area (Å²) in [5.41, 5.74) is 0.704. The van der Waals surface area contributed by atoms with E-state index >= 15 is 0 Å². The van der Waals surface area contributed by atoms with Crippen molar-refractivity contribution >= 4 is 14.3 Å². The Bertz CT molecular complexity index is 398. The predicted molar refractivity (Wildman–Crippen MR) is 80.0 cm³/mol. The van der Waals surface area contributed by atoms with Gasteiger partial charge >= 0.3 is 8.56 Å². The maximum atomic E-state index is 11.2. The Kier molecular flexibility index (Phi) is 6.25. The van der Waals surface area contributed by atoms with Gasteiger partial charge in [-0.15, -0.1) is 0 Å². The van der Waals surface area contributed by atoms with Gasteiger partial charge < -0.3 is 8.85 Å². The Labute approximate surface area is 117 Å². The molecule has 4 heteroatoms. The van der Waals surface area contributed by atoms with Crippen LogP contribution >= 0.6 is 0 Å². The van der Waals surface area contributed by atoms with Crippen LogP contribution in [-0.2, 0) is 4.43 Å². The van der Waals surface area contributed by atoms with Crippen molar-refractivity contribution in [2.45, 2.75) is 46.2 Å². The van der Waals surface area contributed by atoms with Crippen LogP contribution in [0.4, 0.5) is 0 Å². The van der Waals surface area contributed by atoms with Crippen molar-refractivity contribution in [1.29, 1.82) is 0 Å². The summed E-state index contributed by atoms with van der Waals surface area (Å²) in [5, 5.41) is 0. The van der Waals surface area contributed by atoms with E-state index in [-0.39, 0.29) is 5.78 Å². The molecule has 106 valence electrons. The van der Waals surface area contributed by atoms with E-state index in [2.05, 4.69) is 6.92 Å². The van der Waals surface area contributed by atoms with Crippen LogP contribution in [0.15, 0.2) is 24.3 Å². The molecule has 3 nitrogen and oxygen atoms in total. The summed E-state index contributed by atoms with van der Waals surface area (Å²) in [5.74, 6) is 0.844. The van der Waals surface area contributed by atoms with E-state index in [1.54, 1.807) is 19.1 Å². The van der Waals surface area contributed by atoms with Crippen LogP contribution in [0, 0.1) is 0 Å². The molecule has 0 aliphatic carbocycles. The van der Waals surface area contributed by atoms with Crippen molar-refractivity contribution in [3.05, 3.63) is 29.8 Å². The fraction of sp³-hybridized carbons (Fsp3) is 0.533. The highest BCUT2D eigenvalue weighted by molar-refractivity contribution is 6.65. The van der Waals surface area contributed by atoms with Gasteiger partial charge in [0, 0.05) is 12.2 Å². The average Bonchev–Trinajstić information content (AvgIpc) is 2.35. The Morgan fingerprint density at radius 3 is 2.32 bits per heavy atom. The lowest BCUT2D eigenvalue weighted by molar-refractivity contribution is 0.101. The maximum Gasteiger partial charge on any atom is 0.392 e. The Balaban J connectivity index is 2.50. The van der Waals surface area contributed by atoms with Crippen molar-refractivity contribution in [2.24, 2.45) is 0 Å². The molecular formula is C15H24O3Si. The number of unbranched alkanes of at least 4 members (excludes halogenated alkanes) is 2. The van der Waals surface area contributed by atoms with Crippen LogP contribution in [0.1, 0.15) is 43.5 Å². The lowest BCUT2D eigenvalue weighted by atomic mass is 10.1. The Morgan fingerprint density at radius 2 is 1.79 bits per heavy atom. The summed E-state index contributed by atoms with van der Waals surface area (Å²) >= 11 is 0. The number of benzene rings is 1. The van der Waals surface area contributed by atoms with Gasteiger partial charge in [0.15, 0.2) is 5.78 Å². The third-order valence-corrected chi connectivity index (χ3v) is 4.45. The highest BCUT2D eigenvalue weighted by atomic mass is 28.4. The van der Waals surface area contributed by atoms with Crippen molar-refractivity contribution in [3.8, 4) is 5.75 Å². The molecule has 0 radical (unpaired) electrons. The van der Waals surface area contributed by atoms with E-state index in [0.29, 0.717) is 5.56 Å². The molecule has 1 rings (SSSR count). The molecule has 0 unspecified atom stereocenters. The topological polar surface area (TPSA) is 35.5 Å². The minimum absolute atomic E-state index is 0.0684. The summed E-state index contributed by atoms with van der Waals surface area (Å²) in [6.07, 6.45) is 3.47. The van der Waals surface area contributed by atoms with Crippen LogP contribution in [0.3, 0.4) is 0 Å². The van der Waals surface area contributed by atoms with Gasteiger partial charge in [-0.1, -0.05) is 19.8 Å². The predicted octanol–water partition coefficient (Wildman–Crippen LogP) is 4.18. The summed E-state index contributed by atoms with van der Waals surface area (Å²) in [4.78, 5) is 11.2. The summed E-state index contributed by atoms with van der Waals surface area (Å²) < 4.78 is 11.8. The van der Waals surface area contributed by atoms with E-state index in [4.69, 9.17) is 8.85 Å². The number of Topliss-reactive ketones (excluding diaryl/α,β-unsaturated/α-hetero) is 1. The molecule has 0 aliphatic rings. The first-order chi connectivity index (χ1) is 8.94. The minimum Gasteiger partial charge on any atom is -0.520 e. The first kappa shape index (κ1) is 15.9. The maximum absolute atomic E-state index is 11.2.